The van der Waals surface area contributed by atoms with E-state index in [0.29, 0.717) is 35.0 Å². The molecule has 0 radical (unpaired) electrons. The quantitative estimate of drug-likeness (QED) is 0.0648. The summed E-state index contributed by atoms with van der Waals surface area (Å²) in [5, 5.41) is 50.6. The van der Waals surface area contributed by atoms with Crippen LogP contribution in [0.3, 0.4) is 0 Å². The molecule has 20 heteroatoms. The standard InChI is InChI=1S/2C12H22N6.C12H20N6.2Zn/c3*13-11(9-5-1-3-7-15-9)17-18-12(14)10-6-2-4-8-16-10;;/h2*9-10H,1-8H2,(H2,13,17)(H2,14,18);1,5,9-10H,2-4,6-8H2,(H2,13,17)(H2,14,18);;/q3*-2;2*+2. The molecule has 0 bridgehead atoms. The molecule has 0 amide bonds. The largest absolute Gasteiger partial charge is 2.00 e. The van der Waals surface area contributed by atoms with Crippen LogP contribution in [0.2, 0.25) is 0 Å². The molecule has 5 fully saturated rings. The zero-order valence-electron chi connectivity index (χ0n) is 33.4. The second-order valence-electron chi connectivity index (χ2n) is 14.3. The van der Waals surface area contributed by atoms with Gasteiger partial charge in [0, 0.05) is 0 Å². The van der Waals surface area contributed by atoms with Crippen molar-refractivity contribution in [3.05, 3.63) is 44.1 Å². The Morgan fingerprint density at radius 1 is 0.357 bits per heavy atom. The molecule has 12 N–H and O–H groups in total. The van der Waals surface area contributed by atoms with Crippen LogP contribution in [0.25, 0.3) is 31.9 Å². The molecule has 0 aromatic rings. The number of nitrogens with two attached hydrogens (primary N) is 6. The van der Waals surface area contributed by atoms with Crippen molar-refractivity contribution in [2.75, 3.05) is 39.3 Å². The molecule has 6 aliphatic rings. The van der Waals surface area contributed by atoms with E-state index in [2.05, 4.69) is 68.6 Å². The Kier molecular flexibility index (Phi) is 25.6. The van der Waals surface area contributed by atoms with Gasteiger partial charge in [0.05, 0.1) is 0 Å². The average molecular weight is 880 g/mol. The van der Waals surface area contributed by atoms with Gasteiger partial charge in [-0.1, -0.05) is 151 Å². The molecular weight excluding hydrogens is 815 g/mol. The molecule has 0 aromatic carbocycles. The number of rotatable bonds is 9. The Balaban J connectivity index is 0.000000285. The second-order valence-corrected chi connectivity index (χ2v) is 14.3. The molecule has 0 saturated carbocycles. The van der Waals surface area contributed by atoms with Crippen LogP contribution in [0.1, 0.15) is 103 Å². The molecule has 304 valence electrons. The maximum atomic E-state index is 5.89. The molecule has 56 heavy (non-hydrogen) atoms. The molecule has 6 aliphatic heterocycles. The maximum Gasteiger partial charge on any atom is 2.00 e. The van der Waals surface area contributed by atoms with Crippen LogP contribution >= 0.6 is 0 Å². The van der Waals surface area contributed by atoms with E-state index >= 15 is 0 Å². The Morgan fingerprint density at radius 2 is 0.625 bits per heavy atom. The summed E-state index contributed by atoms with van der Waals surface area (Å²) >= 11 is 0. The Labute approximate surface area is 359 Å². The maximum absolute atomic E-state index is 5.89. The predicted octanol–water partition coefficient (Wildman–Crippen LogP) is 4.18. The van der Waals surface area contributed by atoms with E-state index in [1.165, 1.54) is 0 Å². The van der Waals surface area contributed by atoms with E-state index in [0.717, 1.165) is 142 Å². The summed E-state index contributed by atoms with van der Waals surface area (Å²) < 4.78 is 0. The molecule has 0 aromatic heterocycles. The topological polar surface area (TPSA) is 315 Å². The molecule has 6 heterocycles. The van der Waals surface area contributed by atoms with Crippen LogP contribution in [0.15, 0.2) is 42.8 Å². The van der Waals surface area contributed by atoms with Crippen molar-refractivity contribution in [1.82, 2.24) is 0 Å². The van der Waals surface area contributed by atoms with Crippen molar-refractivity contribution in [3.8, 4) is 0 Å². The average Bonchev–Trinajstić information content (AvgIpc) is 3.25. The van der Waals surface area contributed by atoms with Crippen molar-refractivity contribution in [2.45, 2.75) is 139 Å². The van der Waals surface area contributed by atoms with Gasteiger partial charge in [-0.3, -0.25) is 0 Å². The summed E-state index contributed by atoms with van der Waals surface area (Å²) in [6.07, 6.45) is 21.3. The Morgan fingerprint density at radius 3 is 0.839 bits per heavy atom. The van der Waals surface area contributed by atoms with Crippen molar-refractivity contribution in [2.24, 2.45) is 65.0 Å². The SMILES string of the molecule is NC(=NN=C(N)C1CCCC[N-]1)C1C=CCC[N-]1.NC(=NN=C(N)C1CCCC[N-]1)C1CCCC[N-]1.NC(=NN=C(N)C1CCCC[N-]1)C1CCCC[N-]1.[Zn+2].[Zn+2]. The van der Waals surface area contributed by atoms with Gasteiger partial charge in [-0.2, -0.15) is 0 Å². The van der Waals surface area contributed by atoms with Crippen LogP contribution in [-0.2, 0) is 39.0 Å². The van der Waals surface area contributed by atoms with E-state index in [9.17, 15) is 0 Å². The van der Waals surface area contributed by atoms with E-state index in [1.54, 1.807) is 0 Å². The third kappa shape index (κ3) is 18.4. The van der Waals surface area contributed by atoms with Crippen LogP contribution in [-0.4, -0.2) is 111 Å². The molecule has 5 saturated heterocycles. The minimum absolute atomic E-state index is 0. The fourth-order valence-electron chi connectivity index (χ4n) is 6.65. The summed E-state index contributed by atoms with van der Waals surface area (Å²) in [6.45, 7) is 5.14. The van der Waals surface area contributed by atoms with Gasteiger partial charge in [0.15, 0.2) is 0 Å². The van der Waals surface area contributed by atoms with Gasteiger partial charge in [0.1, 0.15) is 35.0 Å². The fourth-order valence-corrected chi connectivity index (χ4v) is 6.65. The summed E-state index contributed by atoms with van der Waals surface area (Å²) in [4.78, 5) is 0. The first kappa shape index (κ1) is 49.7. The number of hydrogen-bond acceptors (Lipinski definition) is 6. The second kappa shape index (κ2) is 28.9. The van der Waals surface area contributed by atoms with E-state index in [1.807, 2.05) is 6.08 Å². The van der Waals surface area contributed by atoms with Gasteiger partial charge in [-0.25, -0.2) is 0 Å². The van der Waals surface area contributed by atoms with Crippen LogP contribution in [0, 0.1) is 0 Å². The summed E-state index contributed by atoms with van der Waals surface area (Å²) in [6, 6.07) is -0.0397. The van der Waals surface area contributed by atoms with Gasteiger partial charge in [-0.15, -0.1) is 69.9 Å². The summed E-state index contributed by atoms with van der Waals surface area (Å²) in [5.74, 6) is 2.77. The molecule has 6 rings (SSSR count). The zero-order valence-corrected chi connectivity index (χ0v) is 39.4. The zero-order chi connectivity index (χ0) is 38.4. The molecule has 6 unspecified atom stereocenters. The first-order chi connectivity index (χ1) is 26.3. The number of hydrogen-bond donors (Lipinski definition) is 6. The van der Waals surface area contributed by atoms with Crippen LogP contribution < -0.4 is 34.4 Å². The smallest absolute Gasteiger partial charge is 0.653 e. The van der Waals surface area contributed by atoms with Gasteiger partial charge >= 0.3 is 39.0 Å². The minimum atomic E-state index is -0.154. The third-order valence-electron chi connectivity index (χ3n) is 9.97. The van der Waals surface area contributed by atoms with E-state index < -0.39 is 0 Å². The van der Waals surface area contributed by atoms with Gasteiger partial charge in [-0.05, 0) is 0 Å². The normalized spacial score (nSPS) is 29.9. The van der Waals surface area contributed by atoms with Crippen molar-refractivity contribution in [1.29, 1.82) is 0 Å². The first-order valence-corrected chi connectivity index (χ1v) is 20.0. The Bertz CT molecular complexity index is 1180. The number of piperidine rings is 5. The van der Waals surface area contributed by atoms with Crippen molar-refractivity contribution < 1.29 is 39.0 Å². The molecule has 6 atom stereocenters. The molecular formula is C36H64N18Zn2-2. The molecule has 0 spiro atoms. The van der Waals surface area contributed by atoms with Crippen LogP contribution in [0.5, 0.6) is 0 Å². The van der Waals surface area contributed by atoms with E-state index in [-0.39, 0.29) is 75.2 Å². The van der Waals surface area contributed by atoms with Gasteiger partial charge in [0.25, 0.3) is 0 Å². The molecule has 18 nitrogen and oxygen atoms in total. The number of amidine groups is 6. The minimum Gasteiger partial charge on any atom is -0.653 e. The molecule has 0 aliphatic carbocycles. The first-order valence-electron chi connectivity index (χ1n) is 20.0. The fraction of sp³-hybridized carbons (Fsp3) is 0.778. The van der Waals surface area contributed by atoms with Gasteiger partial charge in [0.2, 0.25) is 0 Å². The van der Waals surface area contributed by atoms with E-state index in [4.69, 9.17) is 34.4 Å². The number of nitrogens with zero attached hydrogens (tertiary/aromatic N) is 12. The van der Waals surface area contributed by atoms with Crippen LogP contribution in [0.4, 0.5) is 0 Å². The summed E-state index contributed by atoms with van der Waals surface area (Å²) in [5.41, 5.74) is 35.3. The third-order valence-corrected chi connectivity index (χ3v) is 9.97. The van der Waals surface area contributed by atoms with Crippen molar-refractivity contribution in [3.63, 3.8) is 0 Å². The summed E-state index contributed by atoms with van der Waals surface area (Å²) in [7, 11) is 0. The van der Waals surface area contributed by atoms with Crippen molar-refractivity contribution >= 4 is 35.0 Å². The predicted molar refractivity (Wildman–Crippen MR) is 225 cm³/mol. The Hall–Kier alpha value is -2.43. The van der Waals surface area contributed by atoms with Gasteiger partial charge < -0.3 is 66.3 Å². The monoisotopic (exact) mass is 876 g/mol.